The van der Waals surface area contributed by atoms with E-state index in [1.165, 1.54) is 6.07 Å². The van der Waals surface area contributed by atoms with Crippen LogP contribution in [0.15, 0.2) is 60.9 Å². The molecular formula is C15H13FN4. The van der Waals surface area contributed by atoms with Gasteiger partial charge in [-0.2, -0.15) is 9.49 Å². The van der Waals surface area contributed by atoms with Gasteiger partial charge in [-0.3, -0.25) is 0 Å². The molecule has 100 valence electrons. The number of hydrogen-bond donors (Lipinski definition) is 1. The highest BCUT2D eigenvalue weighted by molar-refractivity contribution is 5.35. The Morgan fingerprint density at radius 3 is 2.70 bits per heavy atom. The third kappa shape index (κ3) is 2.83. The van der Waals surface area contributed by atoms with Gasteiger partial charge in [0.1, 0.15) is 5.82 Å². The quantitative estimate of drug-likeness (QED) is 0.740. The molecule has 0 aliphatic rings. The Bertz CT molecular complexity index is 694. The van der Waals surface area contributed by atoms with E-state index in [0.29, 0.717) is 12.4 Å². The van der Waals surface area contributed by atoms with E-state index in [4.69, 9.17) is 0 Å². The van der Waals surface area contributed by atoms with E-state index in [0.717, 1.165) is 11.3 Å². The predicted molar refractivity (Wildman–Crippen MR) is 75.1 cm³/mol. The fourth-order valence-corrected chi connectivity index (χ4v) is 1.87. The summed E-state index contributed by atoms with van der Waals surface area (Å²) in [5.74, 6) is 0.0208. The molecule has 0 atom stereocenters. The Balaban J connectivity index is 1.69. The molecule has 20 heavy (non-hydrogen) atoms. The maximum absolute atomic E-state index is 13.0. The van der Waals surface area contributed by atoms with Crippen LogP contribution in [0.5, 0.6) is 0 Å². The van der Waals surface area contributed by atoms with Crippen molar-refractivity contribution in [3.8, 4) is 5.69 Å². The molecule has 0 unspecified atom stereocenters. The first-order valence-corrected chi connectivity index (χ1v) is 6.27. The van der Waals surface area contributed by atoms with Gasteiger partial charge in [-0.25, -0.2) is 9.67 Å². The summed E-state index contributed by atoms with van der Waals surface area (Å²) in [6.07, 6.45) is 3.71. The van der Waals surface area contributed by atoms with Gasteiger partial charge >= 0.3 is 0 Å². The van der Waals surface area contributed by atoms with Crippen LogP contribution in [0.2, 0.25) is 0 Å². The number of rotatable bonds is 4. The lowest BCUT2D eigenvalue weighted by atomic mass is 10.3. The van der Waals surface area contributed by atoms with Gasteiger partial charge in [-0.1, -0.05) is 24.3 Å². The maximum atomic E-state index is 13.0. The van der Waals surface area contributed by atoms with Crippen molar-refractivity contribution < 1.29 is 4.39 Å². The van der Waals surface area contributed by atoms with Crippen LogP contribution in [0.4, 0.5) is 10.2 Å². The molecule has 0 fully saturated rings. The SMILES string of the molecule is Fc1cccc(NCc2cnn(-c3ccccc3)c2)n1. The Hall–Kier alpha value is -2.69. The summed E-state index contributed by atoms with van der Waals surface area (Å²) in [5, 5.41) is 7.36. The van der Waals surface area contributed by atoms with Crippen molar-refractivity contribution in [3.05, 3.63) is 72.4 Å². The fourth-order valence-electron chi connectivity index (χ4n) is 1.87. The molecule has 2 heterocycles. The molecule has 1 N–H and O–H groups in total. The maximum Gasteiger partial charge on any atom is 0.214 e. The molecule has 0 amide bonds. The van der Waals surface area contributed by atoms with Crippen LogP contribution in [0, 0.1) is 5.95 Å². The topological polar surface area (TPSA) is 42.7 Å². The van der Waals surface area contributed by atoms with Crippen molar-refractivity contribution >= 4 is 5.82 Å². The van der Waals surface area contributed by atoms with Crippen LogP contribution >= 0.6 is 0 Å². The fraction of sp³-hybridized carbons (Fsp3) is 0.0667. The lowest BCUT2D eigenvalue weighted by molar-refractivity contribution is 0.585. The molecule has 5 heteroatoms. The molecule has 1 aromatic carbocycles. The third-order valence-corrected chi connectivity index (χ3v) is 2.85. The van der Waals surface area contributed by atoms with Gasteiger partial charge in [0.2, 0.25) is 5.95 Å². The minimum Gasteiger partial charge on any atom is -0.366 e. The Labute approximate surface area is 115 Å². The van der Waals surface area contributed by atoms with E-state index in [2.05, 4.69) is 15.4 Å². The van der Waals surface area contributed by atoms with E-state index < -0.39 is 5.95 Å². The van der Waals surface area contributed by atoms with Crippen LogP contribution in [0.25, 0.3) is 5.69 Å². The first-order valence-electron chi connectivity index (χ1n) is 6.27. The molecule has 0 aliphatic carbocycles. The summed E-state index contributed by atoms with van der Waals surface area (Å²) in [5.41, 5.74) is 2.00. The number of nitrogens with one attached hydrogen (secondary N) is 1. The predicted octanol–water partition coefficient (Wildman–Crippen LogP) is 3.02. The summed E-state index contributed by atoms with van der Waals surface area (Å²) in [7, 11) is 0. The number of halogens is 1. The summed E-state index contributed by atoms with van der Waals surface area (Å²) >= 11 is 0. The molecule has 0 saturated carbocycles. The number of nitrogens with zero attached hydrogens (tertiary/aromatic N) is 3. The summed E-state index contributed by atoms with van der Waals surface area (Å²) in [6.45, 7) is 0.545. The van der Waals surface area contributed by atoms with E-state index in [1.807, 2.05) is 36.5 Å². The smallest absolute Gasteiger partial charge is 0.214 e. The van der Waals surface area contributed by atoms with E-state index >= 15 is 0 Å². The second kappa shape index (κ2) is 5.52. The van der Waals surface area contributed by atoms with E-state index in [1.54, 1.807) is 23.0 Å². The summed E-state index contributed by atoms with van der Waals surface area (Å²) < 4.78 is 14.8. The zero-order valence-electron chi connectivity index (χ0n) is 10.7. The van der Waals surface area contributed by atoms with Crippen LogP contribution in [-0.4, -0.2) is 14.8 Å². The zero-order chi connectivity index (χ0) is 13.8. The Morgan fingerprint density at radius 2 is 1.90 bits per heavy atom. The van der Waals surface area contributed by atoms with Crippen molar-refractivity contribution in [2.75, 3.05) is 5.32 Å². The van der Waals surface area contributed by atoms with Crippen LogP contribution in [0.1, 0.15) is 5.56 Å². The molecule has 0 bridgehead atoms. The standard InChI is InChI=1S/C15H13FN4/c16-14-7-4-8-15(19-14)17-9-12-10-18-20(11-12)13-5-2-1-3-6-13/h1-8,10-11H,9H2,(H,17,19). The highest BCUT2D eigenvalue weighted by atomic mass is 19.1. The van der Waals surface area contributed by atoms with Gasteiger partial charge in [-0.15, -0.1) is 0 Å². The van der Waals surface area contributed by atoms with Gasteiger partial charge in [0.05, 0.1) is 11.9 Å². The highest BCUT2D eigenvalue weighted by Gasteiger charge is 2.01. The van der Waals surface area contributed by atoms with Crippen molar-refractivity contribution in [2.45, 2.75) is 6.54 Å². The number of anilines is 1. The Morgan fingerprint density at radius 1 is 1.05 bits per heavy atom. The third-order valence-electron chi connectivity index (χ3n) is 2.85. The number of para-hydroxylation sites is 1. The molecular weight excluding hydrogens is 255 g/mol. The van der Waals surface area contributed by atoms with E-state index in [9.17, 15) is 4.39 Å². The lowest BCUT2D eigenvalue weighted by Gasteiger charge is -2.03. The minimum absolute atomic E-state index is 0.491. The second-order valence-corrected chi connectivity index (χ2v) is 4.33. The molecule has 3 rings (SSSR count). The second-order valence-electron chi connectivity index (χ2n) is 4.33. The monoisotopic (exact) mass is 268 g/mol. The van der Waals surface area contributed by atoms with Crippen LogP contribution in [-0.2, 0) is 6.54 Å². The summed E-state index contributed by atoms with van der Waals surface area (Å²) in [6, 6.07) is 14.5. The van der Waals surface area contributed by atoms with Gasteiger partial charge in [-0.05, 0) is 24.3 Å². The Kier molecular flexibility index (Phi) is 3.41. The molecule has 0 saturated heterocycles. The average Bonchev–Trinajstić information content (AvgIpc) is 2.95. The van der Waals surface area contributed by atoms with Crippen LogP contribution in [0.3, 0.4) is 0 Å². The van der Waals surface area contributed by atoms with Gasteiger partial charge in [0, 0.05) is 18.3 Å². The summed E-state index contributed by atoms with van der Waals surface area (Å²) in [4.78, 5) is 3.75. The average molecular weight is 268 g/mol. The van der Waals surface area contributed by atoms with Crippen LogP contribution < -0.4 is 5.32 Å². The molecule has 2 aromatic heterocycles. The first kappa shape index (κ1) is 12.3. The molecule has 0 radical (unpaired) electrons. The molecule has 0 aliphatic heterocycles. The molecule has 4 nitrogen and oxygen atoms in total. The van der Waals surface area contributed by atoms with Crippen molar-refractivity contribution in [3.63, 3.8) is 0 Å². The van der Waals surface area contributed by atoms with Crippen molar-refractivity contribution in [1.29, 1.82) is 0 Å². The van der Waals surface area contributed by atoms with Crippen molar-refractivity contribution in [1.82, 2.24) is 14.8 Å². The highest BCUT2D eigenvalue weighted by Crippen LogP contribution is 2.10. The number of aromatic nitrogens is 3. The number of hydrogen-bond acceptors (Lipinski definition) is 3. The number of pyridine rings is 1. The normalized spacial score (nSPS) is 10.4. The van der Waals surface area contributed by atoms with Gasteiger partial charge in [0.15, 0.2) is 0 Å². The largest absolute Gasteiger partial charge is 0.366 e. The number of benzene rings is 1. The molecule has 0 spiro atoms. The zero-order valence-corrected chi connectivity index (χ0v) is 10.7. The lowest BCUT2D eigenvalue weighted by Crippen LogP contribution is -2.01. The minimum atomic E-state index is -0.491. The van der Waals surface area contributed by atoms with Gasteiger partial charge < -0.3 is 5.32 Å². The molecule has 3 aromatic rings. The first-order chi connectivity index (χ1) is 9.81. The van der Waals surface area contributed by atoms with Crippen molar-refractivity contribution in [2.24, 2.45) is 0 Å². The van der Waals surface area contributed by atoms with Gasteiger partial charge in [0.25, 0.3) is 0 Å². The van der Waals surface area contributed by atoms with E-state index in [-0.39, 0.29) is 0 Å².